The van der Waals surface area contributed by atoms with Crippen molar-refractivity contribution >= 4 is 21.4 Å². The summed E-state index contributed by atoms with van der Waals surface area (Å²) < 4.78 is 22.4. The van der Waals surface area contributed by atoms with Gasteiger partial charge < -0.3 is 5.32 Å². The molecule has 114 valence electrons. The third-order valence-electron chi connectivity index (χ3n) is 3.22. The Balaban J connectivity index is 2.55. The average molecular weight is 318 g/mol. The zero-order chi connectivity index (χ0) is 15.0. The molecule has 0 aliphatic carbocycles. The van der Waals surface area contributed by atoms with Crippen LogP contribution in [-0.4, -0.2) is 33.5 Å². The van der Waals surface area contributed by atoms with Crippen molar-refractivity contribution in [1.82, 2.24) is 5.32 Å². The van der Waals surface area contributed by atoms with E-state index in [4.69, 9.17) is 11.6 Å². The summed E-state index contributed by atoms with van der Waals surface area (Å²) in [5.41, 5.74) is 1.21. The maximum Gasteiger partial charge on any atom is 0.147 e. The molecule has 0 amide bonds. The van der Waals surface area contributed by atoms with Crippen molar-refractivity contribution in [1.29, 1.82) is 0 Å². The molecule has 0 saturated heterocycles. The number of rotatable bonds is 9. The van der Waals surface area contributed by atoms with E-state index in [2.05, 4.69) is 18.3 Å². The van der Waals surface area contributed by atoms with Crippen LogP contribution in [0.25, 0.3) is 0 Å². The van der Waals surface area contributed by atoms with Gasteiger partial charge in [-0.05, 0) is 56.0 Å². The largest absolute Gasteiger partial charge is 0.317 e. The monoisotopic (exact) mass is 317 g/mol. The zero-order valence-corrected chi connectivity index (χ0v) is 13.8. The molecule has 0 aliphatic heterocycles. The van der Waals surface area contributed by atoms with Crippen molar-refractivity contribution in [3.8, 4) is 0 Å². The maximum atomic E-state index is 11.2. The second-order valence-corrected chi connectivity index (χ2v) is 7.98. The third-order valence-corrected chi connectivity index (χ3v) is 4.49. The Morgan fingerprint density at radius 1 is 1.35 bits per heavy atom. The molecule has 1 aromatic carbocycles. The highest BCUT2D eigenvalue weighted by Gasteiger charge is 2.11. The molecule has 1 N–H and O–H groups in total. The van der Waals surface area contributed by atoms with Crippen LogP contribution in [0.15, 0.2) is 24.3 Å². The van der Waals surface area contributed by atoms with Crippen molar-refractivity contribution in [2.24, 2.45) is 5.92 Å². The summed E-state index contributed by atoms with van der Waals surface area (Å²) in [6.07, 6.45) is 3.85. The number of nitrogens with one attached hydrogen (secondary N) is 1. The van der Waals surface area contributed by atoms with E-state index in [1.165, 1.54) is 11.8 Å². The Labute approximate surface area is 127 Å². The summed E-state index contributed by atoms with van der Waals surface area (Å²) in [5.74, 6) is 0.709. The first kappa shape index (κ1) is 17.5. The Kier molecular flexibility index (Phi) is 7.56. The summed E-state index contributed by atoms with van der Waals surface area (Å²) in [6, 6.07) is 7.88. The van der Waals surface area contributed by atoms with Crippen LogP contribution in [0.5, 0.6) is 0 Å². The second kappa shape index (κ2) is 8.65. The summed E-state index contributed by atoms with van der Waals surface area (Å²) >= 11 is 6.00. The first-order valence-corrected chi connectivity index (χ1v) is 9.47. The van der Waals surface area contributed by atoms with Gasteiger partial charge in [0.25, 0.3) is 0 Å². The fourth-order valence-corrected chi connectivity index (χ4v) is 3.16. The van der Waals surface area contributed by atoms with Crippen LogP contribution < -0.4 is 5.32 Å². The van der Waals surface area contributed by atoms with Gasteiger partial charge in [0.2, 0.25) is 0 Å². The molecular formula is C15H24ClNO2S. The molecule has 1 rings (SSSR count). The van der Waals surface area contributed by atoms with E-state index < -0.39 is 9.84 Å². The van der Waals surface area contributed by atoms with Crippen LogP contribution in [0.1, 0.15) is 25.3 Å². The quantitative estimate of drug-likeness (QED) is 0.761. The Morgan fingerprint density at radius 3 is 2.70 bits per heavy atom. The van der Waals surface area contributed by atoms with Crippen LogP contribution in [0.2, 0.25) is 5.02 Å². The lowest BCUT2D eigenvalue weighted by atomic mass is 9.95. The fraction of sp³-hybridized carbons (Fsp3) is 0.600. The smallest absolute Gasteiger partial charge is 0.147 e. The van der Waals surface area contributed by atoms with Gasteiger partial charge in [-0.3, -0.25) is 0 Å². The van der Waals surface area contributed by atoms with Gasteiger partial charge in [0.15, 0.2) is 0 Å². The van der Waals surface area contributed by atoms with E-state index in [-0.39, 0.29) is 5.75 Å². The highest BCUT2D eigenvalue weighted by Crippen LogP contribution is 2.17. The molecule has 5 heteroatoms. The van der Waals surface area contributed by atoms with E-state index in [0.29, 0.717) is 5.92 Å². The molecule has 1 atom stereocenters. The van der Waals surface area contributed by atoms with Gasteiger partial charge in [-0.1, -0.05) is 30.7 Å². The van der Waals surface area contributed by atoms with Gasteiger partial charge in [0, 0.05) is 17.0 Å². The molecule has 0 radical (unpaired) electrons. The molecule has 0 spiro atoms. The van der Waals surface area contributed by atoms with E-state index >= 15 is 0 Å². The molecule has 0 aromatic heterocycles. The maximum absolute atomic E-state index is 11.2. The van der Waals surface area contributed by atoms with Crippen molar-refractivity contribution < 1.29 is 8.42 Å². The van der Waals surface area contributed by atoms with E-state index in [1.807, 2.05) is 18.2 Å². The first-order chi connectivity index (χ1) is 9.40. The fourth-order valence-electron chi connectivity index (χ4n) is 2.26. The lowest BCUT2D eigenvalue weighted by Crippen LogP contribution is -2.24. The van der Waals surface area contributed by atoms with Crippen LogP contribution in [0.4, 0.5) is 0 Å². The molecule has 0 heterocycles. The number of benzene rings is 1. The van der Waals surface area contributed by atoms with Gasteiger partial charge in [0.05, 0.1) is 0 Å². The van der Waals surface area contributed by atoms with Crippen molar-refractivity contribution in [3.63, 3.8) is 0 Å². The summed E-state index contributed by atoms with van der Waals surface area (Å²) in [4.78, 5) is 0. The molecule has 0 bridgehead atoms. The predicted octanol–water partition coefficient (Wildman–Crippen LogP) is 2.93. The summed E-state index contributed by atoms with van der Waals surface area (Å²) in [6.45, 7) is 3.91. The van der Waals surface area contributed by atoms with Gasteiger partial charge in [-0.25, -0.2) is 8.42 Å². The average Bonchev–Trinajstić information content (AvgIpc) is 2.34. The van der Waals surface area contributed by atoms with Crippen molar-refractivity contribution in [3.05, 3.63) is 34.9 Å². The standard InChI is InChI=1S/C15H24ClNO2S/c1-3-17-12-14(7-5-9-20(2,18)19)10-13-6-4-8-15(16)11-13/h4,6,8,11,14,17H,3,5,7,9-10,12H2,1-2H3. The van der Waals surface area contributed by atoms with E-state index in [1.54, 1.807) is 0 Å². The molecule has 0 aliphatic rings. The van der Waals surface area contributed by atoms with Crippen molar-refractivity contribution in [2.45, 2.75) is 26.2 Å². The molecule has 1 aromatic rings. The second-order valence-electron chi connectivity index (χ2n) is 5.28. The van der Waals surface area contributed by atoms with E-state index in [9.17, 15) is 8.42 Å². The minimum Gasteiger partial charge on any atom is -0.317 e. The zero-order valence-electron chi connectivity index (χ0n) is 12.2. The molecule has 0 saturated carbocycles. The van der Waals surface area contributed by atoms with Crippen molar-refractivity contribution in [2.75, 3.05) is 25.1 Å². The van der Waals surface area contributed by atoms with Gasteiger partial charge in [-0.2, -0.15) is 0 Å². The predicted molar refractivity (Wildman–Crippen MR) is 86.1 cm³/mol. The molecule has 1 unspecified atom stereocenters. The molecule has 20 heavy (non-hydrogen) atoms. The third kappa shape index (κ3) is 7.88. The number of hydrogen-bond acceptors (Lipinski definition) is 3. The Bertz CT molecular complexity index is 502. The Morgan fingerprint density at radius 2 is 2.10 bits per heavy atom. The number of halogens is 1. The Hall–Kier alpha value is -0.580. The topological polar surface area (TPSA) is 46.2 Å². The minimum absolute atomic E-state index is 0.269. The van der Waals surface area contributed by atoms with Gasteiger partial charge in [0.1, 0.15) is 9.84 Å². The van der Waals surface area contributed by atoms with Crippen LogP contribution in [0, 0.1) is 5.92 Å². The van der Waals surface area contributed by atoms with Gasteiger partial charge in [-0.15, -0.1) is 0 Å². The van der Waals surface area contributed by atoms with Gasteiger partial charge >= 0.3 is 0 Å². The first-order valence-electron chi connectivity index (χ1n) is 7.03. The summed E-state index contributed by atoms with van der Waals surface area (Å²) in [5, 5.41) is 4.10. The minimum atomic E-state index is -2.86. The number of sulfone groups is 1. The summed E-state index contributed by atoms with van der Waals surface area (Å²) in [7, 11) is -2.86. The highest BCUT2D eigenvalue weighted by atomic mass is 35.5. The normalized spacial score (nSPS) is 13.3. The molecule has 0 fully saturated rings. The van der Waals surface area contributed by atoms with Crippen LogP contribution >= 0.6 is 11.6 Å². The molecular weight excluding hydrogens is 294 g/mol. The van der Waals surface area contributed by atoms with Crippen LogP contribution in [-0.2, 0) is 16.3 Å². The lowest BCUT2D eigenvalue weighted by Gasteiger charge is -2.17. The highest BCUT2D eigenvalue weighted by molar-refractivity contribution is 7.90. The number of hydrogen-bond donors (Lipinski definition) is 1. The van der Waals surface area contributed by atoms with Crippen LogP contribution in [0.3, 0.4) is 0 Å². The lowest BCUT2D eigenvalue weighted by molar-refractivity contribution is 0.444. The van der Waals surface area contributed by atoms with E-state index in [0.717, 1.165) is 37.4 Å². The SMILES string of the molecule is CCNCC(CCCS(C)(=O)=O)Cc1cccc(Cl)c1. The molecule has 3 nitrogen and oxygen atoms in total.